The van der Waals surface area contributed by atoms with Crippen molar-refractivity contribution in [2.75, 3.05) is 19.7 Å². The highest BCUT2D eigenvalue weighted by Gasteiger charge is 2.30. The van der Waals surface area contributed by atoms with Gasteiger partial charge in [-0.15, -0.1) is 0 Å². The molecule has 1 aliphatic rings. The van der Waals surface area contributed by atoms with E-state index in [2.05, 4.69) is 5.10 Å². The second-order valence-electron chi connectivity index (χ2n) is 4.57. The van der Waals surface area contributed by atoms with E-state index >= 15 is 0 Å². The van der Waals surface area contributed by atoms with Gasteiger partial charge in [-0.05, 0) is 20.3 Å². The molecule has 0 saturated heterocycles. The third-order valence-corrected chi connectivity index (χ3v) is 5.36. The van der Waals surface area contributed by atoms with Crippen molar-refractivity contribution in [1.29, 1.82) is 0 Å². The third-order valence-electron chi connectivity index (χ3n) is 3.25. The Kier molecular flexibility index (Phi) is 4.07. The molecule has 0 spiro atoms. The normalized spacial score (nSPS) is 17.0. The molecule has 7 heteroatoms. The van der Waals surface area contributed by atoms with Gasteiger partial charge in [-0.25, -0.2) is 8.42 Å². The molecule has 2 rings (SSSR count). The molecule has 0 aromatic carbocycles. The van der Waals surface area contributed by atoms with Gasteiger partial charge >= 0.3 is 0 Å². The van der Waals surface area contributed by atoms with E-state index in [0.717, 1.165) is 6.42 Å². The number of aliphatic hydroxyl groups is 1. The molecule has 0 saturated carbocycles. The first-order chi connectivity index (χ1) is 8.98. The van der Waals surface area contributed by atoms with Crippen molar-refractivity contribution in [2.45, 2.75) is 31.7 Å². The summed E-state index contributed by atoms with van der Waals surface area (Å²) in [6, 6.07) is 0. The fourth-order valence-corrected chi connectivity index (χ4v) is 4.11. The Morgan fingerprint density at radius 2 is 2.11 bits per heavy atom. The molecule has 1 aromatic heterocycles. The summed E-state index contributed by atoms with van der Waals surface area (Å²) in [6.07, 6.45) is 4.59. The quantitative estimate of drug-likeness (QED) is 0.815. The van der Waals surface area contributed by atoms with Gasteiger partial charge in [-0.1, -0.05) is 12.2 Å². The molecule has 1 aromatic rings. The van der Waals surface area contributed by atoms with Crippen molar-refractivity contribution in [1.82, 2.24) is 14.1 Å². The van der Waals surface area contributed by atoms with Gasteiger partial charge in [0.15, 0.2) is 0 Å². The Balaban J connectivity index is 2.43. The molecular weight excluding hydrogens is 266 g/mol. The number of aryl methyl sites for hydroxylation is 1. The van der Waals surface area contributed by atoms with E-state index < -0.39 is 10.0 Å². The summed E-state index contributed by atoms with van der Waals surface area (Å²) in [6.45, 7) is 4.57. The first-order valence-corrected chi connectivity index (χ1v) is 7.72. The summed E-state index contributed by atoms with van der Waals surface area (Å²) in [5.41, 5.74) is 1.07. The molecule has 0 aliphatic carbocycles. The zero-order chi connectivity index (χ0) is 14.0. The van der Waals surface area contributed by atoms with Crippen molar-refractivity contribution in [3.63, 3.8) is 0 Å². The molecule has 0 unspecified atom stereocenters. The minimum atomic E-state index is -3.50. The fourth-order valence-electron chi connectivity index (χ4n) is 2.33. The summed E-state index contributed by atoms with van der Waals surface area (Å²) in [5.74, 6) is 0. The molecule has 0 fully saturated rings. The molecule has 1 aliphatic heterocycles. The van der Waals surface area contributed by atoms with Crippen LogP contribution in [0.15, 0.2) is 17.0 Å². The van der Waals surface area contributed by atoms with Crippen LogP contribution in [0, 0.1) is 13.8 Å². The van der Waals surface area contributed by atoms with Gasteiger partial charge in [0.05, 0.1) is 24.5 Å². The van der Waals surface area contributed by atoms with Gasteiger partial charge in [-0.3, -0.25) is 4.68 Å². The van der Waals surface area contributed by atoms with Gasteiger partial charge < -0.3 is 5.11 Å². The maximum Gasteiger partial charge on any atom is 0.247 e. The zero-order valence-corrected chi connectivity index (χ0v) is 12.0. The Bertz CT molecular complexity index is 590. The largest absolute Gasteiger partial charge is 0.394 e. The van der Waals surface area contributed by atoms with E-state index in [4.69, 9.17) is 5.11 Å². The number of aromatic nitrogens is 2. The van der Waals surface area contributed by atoms with Crippen LogP contribution in [0.25, 0.3) is 0 Å². The molecular formula is C12H19N3O3S. The summed E-state index contributed by atoms with van der Waals surface area (Å²) >= 11 is 0. The number of sulfonamides is 1. The number of hydrogen-bond acceptors (Lipinski definition) is 4. The minimum Gasteiger partial charge on any atom is -0.394 e. The average molecular weight is 285 g/mol. The number of rotatable bonds is 4. The van der Waals surface area contributed by atoms with E-state index in [1.165, 1.54) is 4.31 Å². The van der Waals surface area contributed by atoms with E-state index in [1.807, 2.05) is 12.2 Å². The van der Waals surface area contributed by atoms with E-state index in [0.29, 0.717) is 31.0 Å². The Morgan fingerprint density at radius 1 is 1.37 bits per heavy atom. The maximum atomic E-state index is 12.6. The minimum absolute atomic E-state index is 0.0616. The van der Waals surface area contributed by atoms with Gasteiger partial charge in [0.25, 0.3) is 0 Å². The third kappa shape index (κ3) is 2.58. The van der Waals surface area contributed by atoms with Gasteiger partial charge in [0.1, 0.15) is 4.90 Å². The maximum absolute atomic E-state index is 12.6. The smallest absolute Gasteiger partial charge is 0.247 e. The molecule has 0 radical (unpaired) electrons. The lowest BCUT2D eigenvalue weighted by Crippen LogP contribution is -2.34. The Morgan fingerprint density at radius 3 is 2.68 bits per heavy atom. The predicted molar refractivity (Wildman–Crippen MR) is 71.3 cm³/mol. The van der Waals surface area contributed by atoms with E-state index in [1.54, 1.807) is 18.5 Å². The van der Waals surface area contributed by atoms with Crippen LogP contribution in [0.1, 0.15) is 17.8 Å². The van der Waals surface area contributed by atoms with Crippen LogP contribution in [-0.2, 0) is 16.6 Å². The van der Waals surface area contributed by atoms with Crippen molar-refractivity contribution >= 4 is 10.0 Å². The average Bonchev–Trinajstić information content (AvgIpc) is 2.66. The first kappa shape index (κ1) is 14.2. The first-order valence-electron chi connectivity index (χ1n) is 6.28. The SMILES string of the molecule is Cc1nn(CCO)c(C)c1S(=O)(=O)N1CC=CCC1. The summed E-state index contributed by atoms with van der Waals surface area (Å²) < 4.78 is 28.3. The zero-order valence-electron chi connectivity index (χ0n) is 11.2. The van der Waals surface area contributed by atoms with Gasteiger partial charge in [0, 0.05) is 13.1 Å². The highest BCUT2D eigenvalue weighted by Crippen LogP contribution is 2.24. The van der Waals surface area contributed by atoms with Gasteiger partial charge in [0.2, 0.25) is 10.0 Å². The summed E-state index contributed by atoms with van der Waals surface area (Å²) in [5, 5.41) is 13.2. The van der Waals surface area contributed by atoms with Gasteiger partial charge in [-0.2, -0.15) is 9.40 Å². The van der Waals surface area contributed by atoms with Crippen LogP contribution >= 0.6 is 0 Å². The lowest BCUT2D eigenvalue weighted by molar-refractivity contribution is 0.267. The van der Waals surface area contributed by atoms with Crippen molar-refractivity contribution in [2.24, 2.45) is 0 Å². The standard InChI is InChI=1S/C12H19N3O3S/c1-10-12(11(2)15(13-10)8-9-16)19(17,18)14-6-4-3-5-7-14/h3-4,16H,5-9H2,1-2H3. The Hall–Kier alpha value is -1.18. The van der Waals surface area contributed by atoms with Crippen molar-refractivity contribution in [3.05, 3.63) is 23.5 Å². The molecule has 0 amide bonds. The second-order valence-corrected chi connectivity index (χ2v) is 6.44. The molecule has 2 heterocycles. The number of hydrogen-bond donors (Lipinski definition) is 1. The van der Waals surface area contributed by atoms with Crippen LogP contribution in [0.2, 0.25) is 0 Å². The molecule has 19 heavy (non-hydrogen) atoms. The van der Waals surface area contributed by atoms with Crippen molar-refractivity contribution < 1.29 is 13.5 Å². The molecule has 0 atom stereocenters. The predicted octanol–water partition coefficient (Wildman–Crippen LogP) is 0.443. The highest BCUT2D eigenvalue weighted by molar-refractivity contribution is 7.89. The summed E-state index contributed by atoms with van der Waals surface area (Å²) in [7, 11) is -3.50. The highest BCUT2D eigenvalue weighted by atomic mass is 32.2. The van der Waals surface area contributed by atoms with Crippen molar-refractivity contribution in [3.8, 4) is 0 Å². The Labute approximate surface area is 113 Å². The molecule has 1 N–H and O–H groups in total. The monoisotopic (exact) mass is 285 g/mol. The van der Waals surface area contributed by atoms with E-state index in [9.17, 15) is 8.42 Å². The lowest BCUT2D eigenvalue weighted by Gasteiger charge is -2.22. The van der Waals surface area contributed by atoms with Crippen LogP contribution in [-0.4, -0.2) is 47.3 Å². The fraction of sp³-hybridized carbons (Fsp3) is 0.583. The number of nitrogens with zero attached hydrogens (tertiary/aromatic N) is 3. The summed E-state index contributed by atoms with van der Waals surface area (Å²) in [4.78, 5) is 0.274. The number of aliphatic hydroxyl groups excluding tert-OH is 1. The molecule has 6 nitrogen and oxygen atoms in total. The lowest BCUT2D eigenvalue weighted by atomic mass is 10.3. The molecule has 106 valence electrons. The second kappa shape index (κ2) is 5.44. The van der Waals surface area contributed by atoms with Crippen LogP contribution in [0.4, 0.5) is 0 Å². The van der Waals surface area contributed by atoms with Crippen LogP contribution < -0.4 is 0 Å². The van der Waals surface area contributed by atoms with Crippen LogP contribution in [0.3, 0.4) is 0 Å². The topological polar surface area (TPSA) is 75.4 Å². The molecule has 0 bridgehead atoms. The van der Waals surface area contributed by atoms with Crippen LogP contribution in [0.5, 0.6) is 0 Å². The van der Waals surface area contributed by atoms with E-state index in [-0.39, 0.29) is 11.5 Å².